The fraction of sp³-hybridized carbons (Fsp3) is 0.368. The molecule has 0 saturated carbocycles. The third kappa shape index (κ3) is 4.96. The second-order valence-electron chi connectivity index (χ2n) is 6.55. The monoisotopic (exact) mass is 345 g/mol. The normalized spacial score (nSPS) is 11.0. The number of anilines is 2. The summed E-state index contributed by atoms with van der Waals surface area (Å²) in [4.78, 5) is 16.8. The Morgan fingerprint density at radius 3 is 2.58 bits per heavy atom. The van der Waals surface area contributed by atoms with Crippen molar-refractivity contribution in [2.24, 2.45) is 5.92 Å². The average Bonchev–Trinajstić information content (AvgIpc) is 2.52. The molecule has 0 aliphatic heterocycles. The molecule has 0 spiro atoms. The third-order valence-corrected chi connectivity index (χ3v) is 3.81. The number of hydrogen-bond donors (Lipinski definition) is 2. The first kappa shape index (κ1) is 18.3. The minimum absolute atomic E-state index is 0.0748. The maximum Gasteiger partial charge on any atom is 0.253 e. The highest BCUT2D eigenvalue weighted by Crippen LogP contribution is 2.24. The summed E-state index contributed by atoms with van der Waals surface area (Å²) in [6, 6.07) is 9.38. The van der Waals surface area contributed by atoms with Crippen molar-refractivity contribution >= 4 is 29.0 Å². The van der Waals surface area contributed by atoms with Gasteiger partial charge in [-0.2, -0.15) is 0 Å². The topological polar surface area (TPSA) is 54.0 Å². The number of halogens is 1. The first-order valence-corrected chi connectivity index (χ1v) is 8.55. The average molecular weight is 346 g/mol. The fourth-order valence-electron chi connectivity index (χ4n) is 2.31. The van der Waals surface area contributed by atoms with Crippen LogP contribution < -0.4 is 10.6 Å². The highest BCUT2D eigenvalue weighted by molar-refractivity contribution is 6.30. The van der Waals surface area contributed by atoms with Crippen LogP contribution >= 0.6 is 11.6 Å². The molecule has 0 unspecified atom stereocenters. The molecule has 5 heteroatoms. The van der Waals surface area contributed by atoms with Gasteiger partial charge in [0.25, 0.3) is 5.91 Å². The number of aromatic nitrogens is 1. The Morgan fingerprint density at radius 1 is 1.21 bits per heavy atom. The highest BCUT2D eigenvalue weighted by Gasteiger charge is 2.15. The third-order valence-electron chi connectivity index (χ3n) is 3.57. The fourth-order valence-corrected chi connectivity index (χ4v) is 2.50. The van der Waals surface area contributed by atoms with Crippen molar-refractivity contribution in [1.82, 2.24) is 10.3 Å². The van der Waals surface area contributed by atoms with Crippen LogP contribution in [0.15, 0.2) is 36.5 Å². The summed E-state index contributed by atoms with van der Waals surface area (Å²) >= 11 is 6.01. The maximum atomic E-state index is 12.4. The van der Waals surface area contributed by atoms with E-state index in [1.54, 1.807) is 6.20 Å². The van der Waals surface area contributed by atoms with Crippen molar-refractivity contribution in [3.05, 3.63) is 52.7 Å². The molecule has 1 heterocycles. The standard InChI is InChI=1S/C19H24ClN3O/c1-12(2)10-22-19(24)17-11-21-18(9-16(17)13(3)4)23-15-7-5-6-14(20)8-15/h5-9,11-13H,10H2,1-4H3,(H,21,23)(H,22,24). The maximum absolute atomic E-state index is 12.4. The van der Waals surface area contributed by atoms with Crippen molar-refractivity contribution < 1.29 is 4.79 Å². The van der Waals surface area contributed by atoms with Gasteiger partial charge in [-0.3, -0.25) is 4.79 Å². The van der Waals surface area contributed by atoms with Crippen molar-refractivity contribution in [3.63, 3.8) is 0 Å². The van der Waals surface area contributed by atoms with Crippen molar-refractivity contribution in [2.45, 2.75) is 33.6 Å². The van der Waals surface area contributed by atoms with Gasteiger partial charge in [0, 0.05) is 23.5 Å². The number of carbonyl (C=O) groups excluding carboxylic acids is 1. The van der Waals surface area contributed by atoms with Crippen LogP contribution in [0.4, 0.5) is 11.5 Å². The Bertz CT molecular complexity index is 714. The van der Waals surface area contributed by atoms with E-state index in [-0.39, 0.29) is 11.8 Å². The van der Waals surface area contributed by atoms with Crippen LogP contribution in [-0.2, 0) is 0 Å². The predicted octanol–water partition coefficient (Wildman–Crippen LogP) is 4.99. The predicted molar refractivity (Wildman–Crippen MR) is 100 cm³/mol. The summed E-state index contributed by atoms with van der Waals surface area (Å²) in [5.41, 5.74) is 2.46. The largest absolute Gasteiger partial charge is 0.352 e. The van der Waals surface area contributed by atoms with Crippen LogP contribution in [0.1, 0.15) is 49.5 Å². The lowest BCUT2D eigenvalue weighted by Gasteiger charge is -2.15. The SMILES string of the molecule is CC(C)CNC(=O)c1cnc(Nc2cccc(Cl)c2)cc1C(C)C. The van der Waals surface area contributed by atoms with Gasteiger partial charge in [-0.25, -0.2) is 4.98 Å². The van der Waals surface area contributed by atoms with Gasteiger partial charge in [-0.1, -0.05) is 45.4 Å². The number of nitrogens with zero attached hydrogens (tertiary/aromatic N) is 1. The van der Waals surface area contributed by atoms with Gasteiger partial charge in [-0.05, 0) is 41.7 Å². The zero-order valence-electron chi connectivity index (χ0n) is 14.6. The molecule has 0 bridgehead atoms. The number of nitrogens with one attached hydrogen (secondary N) is 2. The quantitative estimate of drug-likeness (QED) is 0.775. The molecule has 2 aromatic rings. The lowest BCUT2D eigenvalue weighted by molar-refractivity contribution is 0.0947. The van der Waals surface area contributed by atoms with E-state index in [0.717, 1.165) is 11.3 Å². The Morgan fingerprint density at radius 2 is 1.96 bits per heavy atom. The Balaban J connectivity index is 2.24. The Kier molecular flexibility index (Phi) is 6.21. The number of amides is 1. The molecular weight excluding hydrogens is 322 g/mol. The van der Waals surface area contributed by atoms with E-state index in [0.29, 0.717) is 28.9 Å². The van der Waals surface area contributed by atoms with E-state index < -0.39 is 0 Å². The lowest BCUT2D eigenvalue weighted by Crippen LogP contribution is -2.28. The van der Waals surface area contributed by atoms with E-state index in [4.69, 9.17) is 11.6 Å². The highest BCUT2D eigenvalue weighted by atomic mass is 35.5. The second-order valence-corrected chi connectivity index (χ2v) is 6.99. The molecule has 0 atom stereocenters. The number of benzene rings is 1. The molecule has 4 nitrogen and oxygen atoms in total. The number of hydrogen-bond acceptors (Lipinski definition) is 3. The molecule has 0 saturated heterocycles. The molecule has 1 aromatic carbocycles. The van der Waals surface area contributed by atoms with Gasteiger partial charge < -0.3 is 10.6 Å². The van der Waals surface area contributed by atoms with Crippen molar-refractivity contribution in [1.29, 1.82) is 0 Å². The zero-order valence-corrected chi connectivity index (χ0v) is 15.3. The van der Waals surface area contributed by atoms with E-state index in [9.17, 15) is 4.79 Å². The van der Waals surface area contributed by atoms with Crippen LogP contribution in [0.5, 0.6) is 0 Å². The first-order valence-electron chi connectivity index (χ1n) is 8.17. The van der Waals surface area contributed by atoms with Crippen LogP contribution in [0, 0.1) is 5.92 Å². The van der Waals surface area contributed by atoms with Gasteiger partial charge in [0.1, 0.15) is 5.82 Å². The van der Waals surface area contributed by atoms with E-state index >= 15 is 0 Å². The summed E-state index contributed by atoms with van der Waals surface area (Å²) in [7, 11) is 0. The lowest BCUT2D eigenvalue weighted by atomic mass is 9.98. The molecule has 0 fully saturated rings. The molecule has 128 valence electrons. The van der Waals surface area contributed by atoms with Crippen LogP contribution in [0.3, 0.4) is 0 Å². The number of rotatable bonds is 6. The van der Waals surface area contributed by atoms with Gasteiger partial charge in [-0.15, -0.1) is 0 Å². The molecule has 0 aliphatic carbocycles. The zero-order chi connectivity index (χ0) is 17.7. The summed E-state index contributed by atoms with van der Waals surface area (Å²) < 4.78 is 0. The van der Waals surface area contributed by atoms with Gasteiger partial charge in [0.2, 0.25) is 0 Å². The molecular formula is C19H24ClN3O. The van der Waals surface area contributed by atoms with Crippen LogP contribution in [0.25, 0.3) is 0 Å². The van der Waals surface area contributed by atoms with E-state index in [1.807, 2.05) is 30.3 Å². The molecule has 1 amide bonds. The second kappa shape index (κ2) is 8.15. The molecule has 2 rings (SSSR count). The number of pyridine rings is 1. The molecule has 0 aliphatic rings. The smallest absolute Gasteiger partial charge is 0.253 e. The Labute approximate surface area is 148 Å². The summed E-state index contributed by atoms with van der Waals surface area (Å²) in [5, 5.41) is 6.84. The van der Waals surface area contributed by atoms with Crippen LogP contribution in [0.2, 0.25) is 5.02 Å². The molecule has 24 heavy (non-hydrogen) atoms. The minimum atomic E-state index is -0.0748. The van der Waals surface area contributed by atoms with Crippen molar-refractivity contribution in [2.75, 3.05) is 11.9 Å². The Hall–Kier alpha value is -2.07. The molecule has 1 aromatic heterocycles. The summed E-state index contributed by atoms with van der Waals surface area (Å²) in [5.74, 6) is 1.25. The van der Waals surface area contributed by atoms with E-state index in [1.165, 1.54) is 0 Å². The van der Waals surface area contributed by atoms with Gasteiger partial charge in [0.15, 0.2) is 0 Å². The summed E-state index contributed by atoms with van der Waals surface area (Å²) in [6.45, 7) is 8.92. The summed E-state index contributed by atoms with van der Waals surface area (Å²) in [6.07, 6.45) is 1.64. The van der Waals surface area contributed by atoms with Crippen LogP contribution in [-0.4, -0.2) is 17.4 Å². The molecule has 0 radical (unpaired) electrons. The minimum Gasteiger partial charge on any atom is -0.352 e. The van der Waals surface area contributed by atoms with Gasteiger partial charge >= 0.3 is 0 Å². The molecule has 2 N–H and O–H groups in total. The van der Waals surface area contributed by atoms with Gasteiger partial charge in [0.05, 0.1) is 5.56 Å². The first-order chi connectivity index (χ1) is 11.4. The van der Waals surface area contributed by atoms with E-state index in [2.05, 4.69) is 43.3 Å². The van der Waals surface area contributed by atoms with Crippen molar-refractivity contribution in [3.8, 4) is 0 Å². The number of carbonyl (C=O) groups is 1.